The normalized spacial score (nSPS) is 33.0. The fourth-order valence-electron chi connectivity index (χ4n) is 8.43. The molecule has 2 fully saturated rings. The number of allylic oxidation sites excluding steroid dienone is 2. The van der Waals surface area contributed by atoms with Gasteiger partial charge in [0.1, 0.15) is 11.1 Å². The van der Waals surface area contributed by atoms with Gasteiger partial charge in [-0.1, -0.05) is 23.5 Å². The summed E-state index contributed by atoms with van der Waals surface area (Å²) in [5, 5.41) is 7.17. The van der Waals surface area contributed by atoms with Crippen LogP contribution in [-0.4, -0.2) is 67.8 Å². The van der Waals surface area contributed by atoms with Crippen LogP contribution >= 0.6 is 23.5 Å². The molecule has 6 heterocycles. The molecule has 0 radical (unpaired) electrons. The quantitative estimate of drug-likeness (QED) is 0.371. The van der Waals surface area contributed by atoms with Gasteiger partial charge in [0.2, 0.25) is 0 Å². The van der Waals surface area contributed by atoms with Gasteiger partial charge in [-0.3, -0.25) is 39.8 Å². The van der Waals surface area contributed by atoms with Crippen LogP contribution in [0.4, 0.5) is 0 Å². The van der Waals surface area contributed by atoms with Crippen molar-refractivity contribution < 1.29 is 19.2 Å². The highest BCUT2D eigenvalue weighted by molar-refractivity contribution is 8.08. The predicted octanol–water partition coefficient (Wildman–Crippen LogP) is 6.12. The van der Waals surface area contributed by atoms with Gasteiger partial charge in [0.15, 0.2) is 23.1 Å². The maximum atomic E-state index is 14.1. The number of ketones is 4. The molecular weight excluding hydrogens is 617 g/mol. The molecule has 0 aromatic heterocycles. The number of nitrogens with zero attached hydrogens (tertiary/aromatic N) is 2. The zero-order valence-electron chi connectivity index (χ0n) is 29.2. The Labute approximate surface area is 281 Å². The van der Waals surface area contributed by atoms with Crippen LogP contribution in [0.3, 0.4) is 0 Å². The zero-order chi connectivity index (χ0) is 34.2. The molecule has 2 saturated heterocycles. The lowest BCUT2D eigenvalue weighted by Crippen LogP contribution is -2.64. The summed E-state index contributed by atoms with van der Waals surface area (Å²) in [7, 11) is 0. The lowest BCUT2D eigenvalue weighted by molar-refractivity contribution is -0.122. The summed E-state index contributed by atoms with van der Waals surface area (Å²) in [4.78, 5) is 68.1. The number of fused-ring (bicyclic) bond motifs is 4. The summed E-state index contributed by atoms with van der Waals surface area (Å²) in [5.41, 5.74) is 0.270. The highest BCUT2D eigenvalue weighted by Crippen LogP contribution is 2.54. The van der Waals surface area contributed by atoms with E-state index in [1.807, 2.05) is 69.2 Å². The summed E-state index contributed by atoms with van der Waals surface area (Å²) in [6.07, 6.45) is 1.87. The smallest absolute Gasteiger partial charge is 0.186 e. The number of dihydropyridines is 2. The Morgan fingerprint density at radius 3 is 1.22 bits per heavy atom. The first kappa shape index (κ1) is 33.5. The Hall–Kier alpha value is -2.40. The second-order valence-corrected chi connectivity index (χ2v) is 18.3. The van der Waals surface area contributed by atoms with Crippen molar-refractivity contribution in [2.75, 3.05) is 0 Å². The number of rotatable bonds is 3. The van der Waals surface area contributed by atoms with Gasteiger partial charge in [-0.25, -0.2) is 0 Å². The second kappa shape index (κ2) is 10.1. The Bertz CT molecular complexity index is 1640. The zero-order valence-corrected chi connectivity index (χ0v) is 30.8. The summed E-state index contributed by atoms with van der Waals surface area (Å²) in [5.74, 6) is 0.00195. The molecule has 10 heteroatoms. The van der Waals surface area contributed by atoms with Crippen LogP contribution in [0.2, 0.25) is 0 Å². The third-order valence-electron chi connectivity index (χ3n) is 10.3. The van der Waals surface area contributed by atoms with E-state index >= 15 is 0 Å². The van der Waals surface area contributed by atoms with E-state index < -0.39 is 33.2 Å². The van der Waals surface area contributed by atoms with Crippen molar-refractivity contribution in [3.8, 4) is 0 Å². The molecule has 46 heavy (non-hydrogen) atoms. The first-order valence-electron chi connectivity index (χ1n) is 16.1. The van der Waals surface area contributed by atoms with E-state index in [1.54, 1.807) is 0 Å². The highest BCUT2D eigenvalue weighted by atomic mass is 32.2. The van der Waals surface area contributed by atoms with Gasteiger partial charge in [-0.05, 0) is 95.9 Å². The van der Waals surface area contributed by atoms with Crippen molar-refractivity contribution in [3.63, 3.8) is 0 Å². The van der Waals surface area contributed by atoms with Gasteiger partial charge in [0, 0.05) is 54.8 Å². The molecule has 8 nitrogen and oxygen atoms in total. The summed E-state index contributed by atoms with van der Waals surface area (Å²) < 4.78 is 0. The first-order valence-corrected chi connectivity index (χ1v) is 17.8. The maximum absolute atomic E-state index is 14.1. The number of nitrogens with one attached hydrogen (secondary N) is 2. The first-order chi connectivity index (χ1) is 20.9. The van der Waals surface area contributed by atoms with Crippen LogP contribution in [0.5, 0.6) is 0 Å². The molecule has 0 bridgehead atoms. The summed E-state index contributed by atoms with van der Waals surface area (Å²) in [6, 6.07) is 0. The number of carbonyl (C=O) groups is 4. The van der Waals surface area contributed by atoms with Crippen molar-refractivity contribution in [3.05, 3.63) is 41.9 Å². The molecule has 0 amide bonds. The molecular formula is C36H46N4O4S2. The number of Topliss-reactive ketones (excluding diaryl/α,β-unsaturated/α-hetero) is 4. The second-order valence-electron chi connectivity index (χ2n) is 16.3. The van der Waals surface area contributed by atoms with Crippen LogP contribution in [0.15, 0.2) is 51.9 Å². The van der Waals surface area contributed by atoms with Gasteiger partial charge in [-0.2, -0.15) is 0 Å². The number of aliphatic imine (C=N–C) groups is 2. The summed E-state index contributed by atoms with van der Waals surface area (Å²) in [6.45, 7) is 23.1. The highest BCUT2D eigenvalue weighted by Gasteiger charge is 2.53. The van der Waals surface area contributed by atoms with Crippen molar-refractivity contribution >= 4 is 58.1 Å². The lowest BCUT2D eigenvalue weighted by atomic mass is 9.76. The summed E-state index contributed by atoms with van der Waals surface area (Å²) >= 11 is 2.98. The van der Waals surface area contributed by atoms with E-state index in [1.165, 1.54) is 23.5 Å². The molecule has 2 N–H and O–H groups in total. The van der Waals surface area contributed by atoms with Crippen LogP contribution < -0.4 is 10.6 Å². The van der Waals surface area contributed by atoms with Crippen molar-refractivity contribution in [1.29, 1.82) is 0 Å². The molecule has 6 aliphatic heterocycles. The standard InChI is InChI=1S/C36H46N4O4S2/c1-17-25(41)33(7,8)39-35(11)15-21-23(45-29(17)35)19(27(43)31(3,4)37-21)13-14-20-24-22(38-32(5,6)28(20)44)16-36(12)30(46-24)18(2)26(42)34(9,10)40-36/h39-40H,13-16H2,1-12H3/t35-,36-/m0/s1. The maximum Gasteiger partial charge on any atom is 0.186 e. The number of hydrogen-bond donors (Lipinski definition) is 2. The molecule has 2 atom stereocenters. The third kappa shape index (κ3) is 4.88. The third-order valence-corrected chi connectivity index (χ3v) is 13.6. The topological polar surface area (TPSA) is 117 Å². The number of hydrogen-bond acceptors (Lipinski definition) is 10. The van der Waals surface area contributed by atoms with Crippen LogP contribution in [0.25, 0.3) is 0 Å². The fraction of sp³-hybridized carbons (Fsp3) is 0.611. The van der Waals surface area contributed by atoms with E-state index in [0.29, 0.717) is 36.8 Å². The van der Waals surface area contributed by atoms with Crippen LogP contribution in [0.1, 0.15) is 109 Å². The van der Waals surface area contributed by atoms with E-state index in [0.717, 1.165) is 42.2 Å². The van der Waals surface area contributed by atoms with Crippen LogP contribution in [0, 0.1) is 0 Å². The van der Waals surface area contributed by atoms with E-state index in [-0.39, 0.29) is 23.1 Å². The minimum Gasteiger partial charge on any atom is -0.295 e. The molecule has 0 aromatic rings. The minimum absolute atomic E-state index is 0.0511. The molecule has 6 aliphatic rings. The molecule has 0 aromatic carbocycles. The van der Waals surface area contributed by atoms with Gasteiger partial charge >= 0.3 is 0 Å². The van der Waals surface area contributed by atoms with Gasteiger partial charge in [0.05, 0.1) is 33.6 Å². The molecule has 0 aliphatic carbocycles. The Balaban J connectivity index is 1.43. The average Bonchev–Trinajstić information content (AvgIpc) is 2.90. The van der Waals surface area contributed by atoms with Crippen molar-refractivity contribution in [2.45, 2.75) is 142 Å². The SMILES string of the molecule is CC1=C2SC3=C(CCC4=C5SC6=C(C)C(=O)C(C)(C)N[C@@]6(C)CC5=NC(C)(C)C4=O)C(=O)C(C)(C)N=C3C[C@]2(C)NC(C)(C)C1=O. The Morgan fingerprint density at radius 2 is 0.891 bits per heavy atom. The van der Waals surface area contributed by atoms with Gasteiger partial charge < -0.3 is 0 Å². The fourth-order valence-corrected chi connectivity index (χ4v) is 11.1. The number of thioether (sulfide) groups is 2. The molecule has 0 unspecified atom stereocenters. The van der Waals surface area contributed by atoms with Gasteiger partial charge in [-0.15, -0.1) is 0 Å². The molecule has 6 rings (SSSR count). The Morgan fingerprint density at radius 1 is 0.565 bits per heavy atom. The van der Waals surface area contributed by atoms with E-state index in [9.17, 15) is 19.2 Å². The average molecular weight is 663 g/mol. The van der Waals surface area contributed by atoms with Gasteiger partial charge in [0.25, 0.3) is 0 Å². The predicted molar refractivity (Wildman–Crippen MR) is 187 cm³/mol. The molecule has 246 valence electrons. The van der Waals surface area contributed by atoms with Crippen molar-refractivity contribution in [1.82, 2.24) is 10.6 Å². The molecule has 0 saturated carbocycles. The van der Waals surface area contributed by atoms with Crippen molar-refractivity contribution in [2.24, 2.45) is 9.98 Å². The molecule has 0 spiro atoms. The minimum atomic E-state index is -0.939. The largest absolute Gasteiger partial charge is 0.295 e. The van der Waals surface area contributed by atoms with Crippen LogP contribution in [-0.2, 0) is 19.2 Å². The lowest BCUT2D eigenvalue weighted by Gasteiger charge is -2.49. The number of carbonyl (C=O) groups excluding carboxylic acids is 4. The van der Waals surface area contributed by atoms with E-state index in [2.05, 4.69) is 24.5 Å². The van der Waals surface area contributed by atoms with E-state index in [4.69, 9.17) is 9.98 Å². The Kier molecular flexibility index (Phi) is 7.33. The monoisotopic (exact) mass is 662 g/mol.